The Hall–Kier alpha value is -1.55. The third-order valence-electron chi connectivity index (χ3n) is 4.49. The molecule has 4 nitrogen and oxygen atoms in total. The number of nitrogens with zero attached hydrogens (tertiary/aromatic N) is 1. The molecule has 3 rings (SSSR count). The number of hydrogen-bond donors (Lipinski definition) is 3. The van der Waals surface area contributed by atoms with Crippen LogP contribution in [0.2, 0.25) is 0 Å². The summed E-state index contributed by atoms with van der Waals surface area (Å²) in [6, 6.07) is 6.75. The molecule has 1 aromatic carbocycles. The highest BCUT2D eigenvalue weighted by Gasteiger charge is 2.41. The molecule has 2 saturated heterocycles. The summed E-state index contributed by atoms with van der Waals surface area (Å²) in [5, 5.41) is 17.7. The van der Waals surface area contributed by atoms with Gasteiger partial charge in [-0.15, -0.1) is 0 Å². The van der Waals surface area contributed by atoms with Crippen molar-refractivity contribution >= 4 is 11.5 Å². The maximum atomic E-state index is 9.91. The van der Waals surface area contributed by atoms with Gasteiger partial charge in [-0.05, 0) is 44.2 Å². The molecule has 4 N–H and O–H groups in total. The molecule has 2 unspecified atom stereocenters. The summed E-state index contributed by atoms with van der Waals surface area (Å²) in [7, 11) is 0. The van der Waals surface area contributed by atoms with Gasteiger partial charge in [0.25, 0.3) is 0 Å². The van der Waals surface area contributed by atoms with E-state index in [1.54, 1.807) is 0 Å². The van der Waals surface area contributed by atoms with Gasteiger partial charge in [0, 0.05) is 17.6 Å². The summed E-state index contributed by atoms with van der Waals surface area (Å²) in [6.07, 6.45) is 3.77. The van der Waals surface area contributed by atoms with Crippen LogP contribution in [0.4, 0.5) is 5.69 Å². The van der Waals surface area contributed by atoms with Gasteiger partial charge in [0.2, 0.25) is 0 Å². The number of amidine groups is 1. The number of aryl methyl sites for hydroxylation is 1. The summed E-state index contributed by atoms with van der Waals surface area (Å²) in [4.78, 5) is 2.42. The van der Waals surface area contributed by atoms with E-state index in [4.69, 9.17) is 11.1 Å². The lowest BCUT2D eigenvalue weighted by atomic mass is 9.96. The summed E-state index contributed by atoms with van der Waals surface area (Å²) in [5.74, 6) is 0.129. The monoisotopic (exact) mass is 259 g/mol. The minimum Gasteiger partial charge on any atom is -0.393 e. The summed E-state index contributed by atoms with van der Waals surface area (Å²) in [5.41, 5.74) is 8.84. The first-order valence-corrected chi connectivity index (χ1v) is 6.98. The maximum Gasteiger partial charge on any atom is 0.124 e. The molecule has 0 aromatic heterocycles. The molecule has 2 heterocycles. The number of anilines is 1. The van der Waals surface area contributed by atoms with Gasteiger partial charge < -0.3 is 15.7 Å². The SMILES string of the molecule is Cc1cccc(C(=N)N)c1N1C2CCC1CC(O)C2. The molecule has 2 atom stereocenters. The Kier molecular flexibility index (Phi) is 2.97. The van der Waals surface area contributed by atoms with Crippen LogP contribution in [0, 0.1) is 12.3 Å². The van der Waals surface area contributed by atoms with Crippen molar-refractivity contribution in [1.29, 1.82) is 5.41 Å². The van der Waals surface area contributed by atoms with Crippen LogP contribution < -0.4 is 10.6 Å². The van der Waals surface area contributed by atoms with E-state index in [1.165, 1.54) is 5.56 Å². The summed E-state index contributed by atoms with van der Waals surface area (Å²) >= 11 is 0. The average molecular weight is 259 g/mol. The zero-order valence-electron chi connectivity index (χ0n) is 11.3. The molecule has 2 fully saturated rings. The zero-order chi connectivity index (χ0) is 13.6. The van der Waals surface area contributed by atoms with Crippen LogP contribution in [0.5, 0.6) is 0 Å². The van der Waals surface area contributed by atoms with E-state index in [-0.39, 0.29) is 11.9 Å². The second-order valence-corrected chi connectivity index (χ2v) is 5.80. The van der Waals surface area contributed by atoms with Crippen molar-refractivity contribution in [2.75, 3.05) is 4.90 Å². The molecule has 0 aliphatic carbocycles. The number of nitrogens with two attached hydrogens (primary N) is 1. The van der Waals surface area contributed by atoms with E-state index >= 15 is 0 Å². The fourth-order valence-electron chi connectivity index (χ4n) is 3.73. The van der Waals surface area contributed by atoms with Crippen molar-refractivity contribution in [3.63, 3.8) is 0 Å². The smallest absolute Gasteiger partial charge is 0.124 e. The van der Waals surface area contributed by atoms with E-state index in [0.29, 0.717) is 12.1 Å². The summed E-state index contributed by atoms with van der Waals surface area (Å²) < 4.78 is 0. The Morgan fingerprint density at radius 3 is 2.53 bits per heavy atom. The first-order valence-electron chi connectivity index (χ1n) is 6.98. The first kappa shape index (κ1) is 12.5. The fourth-order valence-corrected chi connectivity index (χ4v) is 3.73. The lowest BCUT2D eigenvalue weighted by Gasteiger charge is -2.40. The van der Waals surface area contributed by atoms with Gasteiger partial charge in [-0.2, -0.15) is 0 Å². The van der Waals surface area contributed by atoms with Crippen LogP contribution in [0.1, 0.15) is 36.8 Å². The highest BCUT2D eigenvalue weighted by Crippen LogP contribution is 2.41. The van der Waals surface area contributed by atoms with Gasteiger partial charge in [0.05, 0.1) is 11.8 Å². The van der Waals surface area contributed by atoms with Gasteiger partial charge in [0.15, 0.2) is 0 Å². The van der Waals surface area contributed by atoms with Gasteiger partial charge in [-0.25, -0.2) is 0 Å². The molecule has 102 valence electrons. The number of piperidine rings is 1. The second kappa shape index (κ2) is 4.53. The highest BCUT2D eigenvalue weighted by molar-refractivity contribution is 6.01. The number of benzene rings is 1. The molecular weight excluding hydrogens is 238 g/mol. The number of fused-ring (bicyclic) bond motifs is 2. The molecule has 19 heavy (non-hydrogen) atoms. The maximum absolute atomic E-state index is 9.91. The van der Waals surface area contributed by atoms with Crippen LogP contribution in [-0.2, 0) is 0 Å². The Morgan fingerprint density at radius 2 is 1.95 bits per heavy atom. The quantitative estimate of drug-likeness (QED) is 0.560. The van der Waals surface area contributed by atoms with Crippen molar-refractivity contribution in [3.05, 3.63) is 29.3 Å². The van der Waals surface area contributed by atoms with E-state index in [9.17, 15) is 5.11 Å². The van der Waals surface area contributed by atoms with Gasteiger partial charge in [0.1, 0.15) is 5.84 Å². The number of nitrogens with one attached hydrogen (secondary N) is 1. The van der Waals surface area contributed by atoms with Crippen LogP contribution in [0.25, 0.3) is 0 Å². The molecule has 2 aliphatic heterocycles. The average Bonchev–Trinajstić information content (AvgIpc) is 2.61. The van der Waals surface area contributed by atoms with Crippen molar-refractivity contribution in [3.8, 4) is 0 Å². The molecule has 0 radical (unpaired) electrons. The highest BCUT2D eigenvalue weighted by atomic mass is 16.3. The molecular formula is C15H21N3O. The van der Waals surface area contributed by atoms with Crippen LogP contribution in [0.3, 0.4) is 0 Å². The summed E-state index contributed by atoms with van der Waals surface area (Å²) in [6.45, 7) is 2.08. The largest absolute Gasteiger partial charge is 0.393 e. The predicted molar refractivity (Wildman–Crippen MR) is 76.7 cm³/mol. The van der Waals surface area contributed by atoms with Crippen molar-refractivity contribution in [2.45, 2.75) is 50.8 Å². The van der Waals surface area contributed by atoms with Gasteiger partial charge in [-0.1, -0.05) is 12.1 Å². The number of hydrogen-bond acceptors (Lipinski definition) is 3. The Labute approximate surface area is 113 Å². The minimum atomic E-state index is -0.168. The van der Waals surface area contributed by atoms with E-state index in [1.807, 2.05) is 12.1 Å². The number of para-hydroxylation sites is 1. The second-order valence-electron chi connectivity index (χ2n) is 5.80. The molecule has 2 bridgehead atoms. The standard InChI is InChI=1S/C15H21N3O/c1-9-3-2-4-13(15(16)17)14(9)18-10-5-6-11(18)8-12(19)7-10/h2-4,10-12,19H,5-8H2,1H3,(H3,16,17). The third-order valence-corrected chi connectivity index (χ3v) is 4.49. The number of rotatable bonds is 2. The Balaban J connectivity index is 2.06. The molecule has 0 spiro atoms. The lowest BCUT2D eigenvalue weighted by molar-refractivity contribution is 0.126. The van der Waals surface area contributed by atoms with E-state index in [2.05, 4.69) is 17.9 Å². The van der Waals surface area contributed by atoms with Crippen LogP contribution in [0.15, 0.2) is 18.2 Å². The Bertz CT molecular complexity index is 500. The van der Waals surface area contributed by atoms with Crippen LogP contribution in [-0.4, -0.2) is 29.1 Å². The molecule has 4 heteroatoms. The predicted octanol–water partition coefficient (Wildman–Crippen LogP) is 1.77. The van der Waals surface area contributed by atoms with Gasteiger partial charge >= 0.3 is 0 Å². The normalized spacial score (nSPS) is 29.6. The number of nitrogen functional groups attached to an aromatic ring is 1. The third kappa shape index (κ3) is 2.00. The van der Waals surface area contributed by atoms with E-state index in [0.717, 1.165) is 36.9 Å². The topological polar surface area (TPSA) is 73.3 Å². The fraction of sp³-hybridized carbons (Fsp3) is 0.533. The molecule has 2 aliphatic rings. The zero-order valence-corrected chi connectivity index (χ0v) is 11.3. The Morgan fingerprint density at radius 1 is 1.32 bits per heavy atom. The molecule has 0 amide bonds. The van der Waals surface area contributed by atoms with Crippen molar-refractivity contribution in [2.24, 2.45) is 5.73 Å². The molecule has 0 saturated carbocycles. The molecule has 1 aromatic rings. The number of aliphatic hydroxyl groups is 1. The van der Waals surface area contributed by atoms with E-state index < -0.39 is 0 Å². The van der Waals surface area contributed by atoms with Crippen LogP contribution >= 0.6 is 0 Å². The number of aliphatic hydroxyl groups excluding tert-OH is 1. The minimum absolute atomic E-state index is 0.129. The first-order chi connectivity index (χ1) is 9.08. The lowest BCUT2D eigenvalue weighted by Crippen LogP contribution is -2.46. The van der Waals surface area contributed by atoms with Crippen molar-refractivity contribution in [1.82, 2.24) is 0 Å². The van der Waals surface area contributed by atoms with Crippen molar-refractivity contribution < 1.29 is 5.11 Å². The van der Waals surface area contributed by atoms with Gasteiger partial charge in [-0.3, -0.25) is 5.41 Å².